The minimum absolute atomic E-state index is 0.0206. The fourth-order valence-corrected chi connectivity index (χ4v) is 9.01. The molecule has 0 aromatic heterocycles. The van der Waals surface area contributed by atoms with Gasteiger partial charge >= 0.3 is 13.0 Å². The topological polar surface area (TPSA) is 84.9 Å². The molecule has 7 nitrogen and oxygen atoms in total. The number of nitrogens with one attached hydrogen (secondary N) is 1. The molecule has 9 heteroatoms. The number of methoxy groups -OCH3 is 1. The van der Waals surface area contributed by atoms with Crippen LogP contribution in [0.4, 0.5) is 11.4 Å². The Bertz CT molecular complexity index is 2240. The van der Waals surface area contributed by atoms with Gasteiger partial charge in [0.25, 0.3) is 10.1 Å². The van der Waals surface area contributed by atoms with Gasteiger partial charge in [-0.3, -0.25) is 8.98 Å². The highest BCUT2D eigenvalue weighted by Gasteiger charge is 2.45. The zero-order valence-electron chi connectivity index (χ0n) is 29.6. The number of hydrogen-bond acceptors (Lipinski definition) is 7. The number of esters is 1. The third-order valence-electron chi connectivity index (χ3n) is 10.6. The summed E-state index contributed by atoms with van der Waals surface area (Å²) >= 11 is 0. The Morgan fingerprint density at radius 2 is 1.58 bits per heavy atom. The van der Waals surface area contributed by atoms with Crippen LogP contribution in [0, 0.1) is 33.1 Å². The van der Waals surface area contributed by atoms with Crippen molar-refractivity contribution in [3.63, 3.8) is 0 Å². The molecule has 2 aliphatic rings. The SMILES string of the molecule is COC(=O)C1(C)Cc2c(C)c(CCOS(=O)(=O)c3ccc(C)cc3)c(B3Nc4cccc5cc(C)cc(c45)N3Cc3ccccc3)c(C)c2C1. The molecule has 1 unspecified atom stereocenters. The van der Waals surface area contributed by atoms with Crippen LogP contribution in [-0.2, 0) is 49.6 Å². The van der Waals surface area contributed by atoms with E-state index in [9.17, 15) is 13.2 Å². The van der Waals surface area contributed by atoms with Crippen LogP contribution in [0.1, 0.15) is 51.4 Å². The van der Waals surface area contributed by atoms with Crippen LogP contribution in [0.3, 0.4) is 0 Å². The van der Waals surface area contributed by atoms with E-state index >= 15 is 0 Å². The lowest BCUT2D eigenvalue weighted by Crippen LogP contribution is -2.58. The van der Waals surface area contributed by atoms with E-state index in [2.05, 4.69) is 85.4 Å². The molecule has 1 heterocycles. The van der Waals surface area contributed by atoms with Crippen LogP contribution in [0.2, 0.25) is 0 Å². The summed E-state index contributed by atoms with van der Waals surface area (Å²) in [5, 5.41) is 6.28. The summed E-state index contributed by atoms with van der Waals surface area (Å²) < 4.78 is 37.6. The fourth-order valence-electron chi connectivity index (χ4n) is 8.10. The van der Waals surface area contributed by atoms with Gasteiger partial charge in [-0.05, 0) is 128 Å². The van der Waals surface area contributed by atoms with E-state index in [-0.39, 0.29) is 24.5 Å². The van der Waals surface area contributed by atoms with Gasteiger partial charge in [-0.25, -0.2) is 0 Å². The third-order valence-corrected chi connectivity index (χ3v) is 12.0. The van der Waals surface area contributed by atoms with Gasteiger partial charge in [-0.1, -0.05) is 66.2 Å². The van der Waals surface area contributed by atoms with Crippen LogP contribution < -0.4 is 15.5 Å². The van der Waals surface area contributed by atoms with E-state index in [1.165, 1.54) is 29.0 Å². The van der Waals surface area contributed by atoms with E-state index in [4.69, 9.17) is 8.92 Å². The maximum atomic E-state index is 13.3. The van der Waals surface area contributed by atoms with Crippen molar-refractivity contribution in [3.8, 4) is 0 Å². The number of benzene rings is 5. The molecule has 0 spiro atoms. The molecule has 5 aromatic rings. The average Bonchev–Trinajstić information content (AvgIpc) is 3.47. The zero-order valence-corrected chi connectivity index (χ0v) is 30.4. The van der Waals surface area contributed by atoms with Crippen LogP contribution in [0.5, 0.6) is 0 Å². The second-order valence-electron chi connectivity index (χ2n) is 14.2. The van der Waals surface area contributed by atoms with Crippen molar-refractivity contribution < 1.29 is 22.1 Å². The highest BCUT2D eigenvalue weighted by Crippen LogP contribution is 2.43. The number of hydrogen-bond donors (Lipinski definition) is 1. The van der Waals surface area contributed by atoms with Crippen molar-refractivity contribution in [1.29, 1.82) is 0 Å². The van der Waals surface area contributed by atoms with Crippen LogP contribution in [0.15, 0.2) is 89.8 Å². The molecule has 0 radical (unpaired) electrons. The quantitative estimate of drug-likeness (QED) is 0.100. The second kappa shape index (κ2) is 12.9. The summed E-state index contributed by atoms with van der Waals surface area (Å²) in [4.78, 5) is 15.7. The maximum absolute atomic E-state index is 13.3. The third kappa shape index (κ3) is 5.96. The molecule has 1 aliphatic heterocycles. The summed E-state index contributed by atoms with van der Waals surface area (Å²) in [7, 11) is -2.51. The summed E-state index contributed by atoms with van der Waals surface area (Å²) in [6.45, 7) is 10.6. The molecule has 1 atom stereocenters. The molecular weight excluding hydrogens is 643 g/mol. The van der Waals surface area contributed by atoms with E-state index in [1.807, 2.05) is 19.9 Å². The predicted octanol–water partition coefficient (Wildman–Crippen LogP) is 7.13. The Morgan fingerprint density at radius 3 is 2.28 bits per heavy atom. The maximum Gasteiger partial charge on any atom is 0.409 e. The van der Waals surface area contributed by atoms with Gasteiger partial charge in [-0.2, -0.15) is 8.42 Å². The Kier molecular flexibility index (Phi) is 8.77. The van der Waals surface area contributed by atoms with Crippen molar-refractivity contribution in [2.45, 2.75) is 65.3 Å². The molecule has 1 N–H and O–H groups in total. The van der Waals surface area contributed by atoms with Gasteiger partial charge < -0.3 is 14.8 Å². The number of anilines is 2. The van der Waals surface area contributed by atoms with Crippen LogP contribution in [0.25, 0.3) is 10.8 Å². The summed E-state index contributed by atoms with van der Waals surface area (Å²) in [6, 6.07) is 28.1. The van der Waals surface area contributed by atoms with E-state index in [1.54, 1.807) is 24.3 Å². The van der Waals surface area contributed by atoms with Crippen LogP contribution in [-0.4, -0.2) is 35.1 Å². The molecule has 0 saturated heterocycles. The summed E-state index contributed by atoms with van der Waals surface area (Å²) in [5.74, 6) is -0.222. The minimum atomic E-state index is -3.96. The monoisotopic (exact) mass is 686 g/mol. The van der Waals surface area contributed by atoms with Crippen molar-refractivity contribution >= 4 is 50.7 Å². The van der Waals surface area contributed by atoms with Crippen LogP contribution >= 0.6 is 0 Å². The van der Waals surface area contributed by atoms with Gasteiger partial charge in [0, 0.05) is 23.3 Å². The first kappa shape index (κ1) is 33.9. The number of carbonyl (C=O) groups excluding carboxylic acids is 1. The smallest absolute Gasteiger partial charge is 0.409 e. The largest absolute Gasteiger partial charge is 0.469 e. The van der Waals surface area contributed by atoms with Crippen molar-refractivity contribution in [3.05, 3.63) is 129 Å². The first-order valence-corrected chi connectivity index (χ1v) is 18.6. The zero-order chi connectivity index (χ0) is 35.4. The minimum Gasteiger partial charge on any atom is -0.469 e. The highest BCUT2D eigenvalue weighted by atomic mass is 32.2. The Hall–Kier alpha value is -4.60. The van der Waals surface area contributed by atoms with Gasteiger partial charge in [0.05, 0.1) is 24.0 Å². The molecule has 50 heavy (non-hydrogen) atoms. The number of rotatable bonds is 9. The standard InChI is InChI=1S/C41H43BN2O5S/c1-26-15-17-32(18-16-26)50(46,47)49-20-19-33-28(3)34-23-41(5,40(45)48-6)24-35(34)29(4)39(33)42-43-36-14-10-13-31-21-27(2)22-37(38(31)36)44(42)25-30-11-8-7-9-12-30/h7-18,21-22,43H,19-20,23-25H2,1-6H3. The molecule has 256 valence electrons. The Morgan fingerprint density at radius 1 is 0.880 bits per heavy atom. The van der Waals surface area contributed by atoms with Crippen molar-refractivity contribution in [2.24, 2.45) is 5.41 Å². The van der Waals surface area contributed by atoms with Crippen molar-refractivity contribution in [1.82, 2.24) is 0 Å². The molecule has 0 bridgehead atoms. The van der Waals surface area contributed by atoms with E-state index in [0.29, 0.717) is 25.8 Å². The number of nitrogens with zero attached hydrogens (tertiary/aromatic N) is 1. The summed E-state index contributed by atoms with van der Waals surface area (Å²) in [5.41, 5.74) is 11.4. The molecular formula is C41H43BN2O5S. The van der Waals surface area contributed by atoms with E-state index < -0.39 is 15.5 Å². The molecule has 5 aromatic carbocycles. The van der Waals surface area contributed by atoms with Gasteiger partial charge in [0.1, 0.15) is 0 Å². The van der Waals surface area contributed by atoms with Crippen molar-refractivity contribution in [2.75, 3.05) is 23.8 Å². The number of ether oxygens (including phenoxy) is 1. The molecule has 7 rings (SSSR count). The lowest BCUT2D eigenvalue weighted by molar-refractivity contribution is -0.151. The predicted molar refractivity (Wildman–Crippen MR) is 202 cm³/mol. The normalized spacial score (nSPS) is 16.8. The van der Waals surface area contributed by atoms with Gasteiger partial charge in [-0.15, -0.1) is 0 Å². The first-order valence-electron chi connectivity index (χ1n) is 17.2. The fraction of sp³-hybridized carbons (Fsp3) is 0.293. The number of carbonyl (C=O) groups is 1. The van der Waals surface area contributed by atoms with Gasteiger partial charge in [0.15, 0.2) is 0 Å². The van der Waals surface area contributed by atoms with Gasteiger partial charge in [0.2, 0.25) is 0 Å². The highest BCUT2D eigenvalue weighted by molar-refractivity contribution is 7.86. The second-order valence-corrected chi connectivity index (χ2v) is 15.8. The number of aryl methyl sites for hydroxylation is 2. The molecule has 0 saturated carbocycles. The Balaban J connectivity index is 1.38. The number of fused-ring (bicyclic) bond motifs is 1. The Labute approximate surface area is 295 Å². The first-order chi connectivity index (χ1) is 23.9. The average molecular weight is 687 g/mol. The lowest BCUT2D eigenvalue weighted by Gasteiger charge is -2.40. The van der Waals surface area contributed by atoms with E-state index in [0.717, 1.165) is 50.2 Å². The molecule has 0 fully saturated rings. The molecule has 1 aliphatic carbocycles. The summed E-state index contributed by atoms with van der Waals surface area (Å²) in [6.07, 6.45) is 1.51. The lowest BCUT2D eigenvalue weighted by atomic mass is 9.58. The molecule has 0 amide bonds.